The van der Waals surface area contributed by atoms with E-state index in [1.807, 2.05) is 43.3 Å². The zero-order chi connectivity index (χ0) is 17.8. The minimum Gasteiger partial charge on any atom is -0.497 e. The molecule has 25 heavy (non-hydrogen) atoms. The molecule has 2 N–H and O–H groups in total. The lowest BCUT2D eigenvalue weighted by molar-refractivity contribution is -0.116. The van der Waals surface area contributed by atoms with Crippen molar-refractivity contribution < 1.29 is 9.53 Å². The smallest absolute Gasteiger partial charge is 0.248 e. The number of methoxy groups -OCH3 is 1. The maximum atomic E-state index is 12.2. The SMILES string of the molecule is COc1ccc(CCC(=O)Nc2ccc3c(C)cc(=O)[nH]c3c2)cc1. The summed E-state index contributed by atoms with van der Waals surface area (Å²) in [5, 5.41) is 3.85. The summed E-state index contributed by atoms with van der Waals surface area (Å²) in [4.78, 5) is 26.6. The average Bonchev–Trinajstić information content (AvgIpc) is 2.60. The van der Waals surface area contributed by atoms with Crippen molar-refractivity contribution in [2.45, 2.75) is 19.8 Å². The minimum atomic E-state index is -0.145. The lowest BCUT2D eigenvalue weighted by atomic mass is 10.1. The van der Waals surface area contributed by atoms with Gasteiger partial charge in [0.2, 0.25) is 11.5 Å². The van der Waals surface area contributed by atoms with E-state index in [0.717, 1.165) is 27.8 Å². The van der Waals surface area contributed by atoms with Gasteiger partial charge >= 0.3 is 0 Å². The first-order valence-corrected chi connectivity index (χ1v) is 8.11. The lowest BCUT2D eigenvalue weighted by Gasteiger charge is -2.08. The van der Waals surface area contributed by atoms with Crippen molar-refractivity contribution in [3.8, 4) is 5.75 Å². The molecule has 0 bridgehead atoms. The van der Waals surface area contributed by atoms with Crippen LogP contribution in [-0.4, -0.2) is 18.0 Å². The summed E-state index contributed by atoms with van der Waals surface area (Å²) in [6.45, 7) is 1.89. The van der Waals surface area contributed by atoms with Gasteiger partial charge in [-0.15, -0.1) is 0 Å². The van der Waals surface area contributed by atoms with Crippen molar-refractivity contribution in [2.75, 3.05) is 12.4 Å². The number of amides is 1. The van der Waals surface area contributed by atoms with Gasteiger partial charge < -0.3 is 15.0 Å². The molecule has 5 heteroatoms. The number of rotatable bonds is 5. The number of hydrogen-bond donors (Lipinski definition) is 2. The van der Waals surface area contributed by atoms with Crippen molar-refractivity contribution in [3.05, 3.63) is 70.0 Å². The molecule has 1 aromatic heterocycles. The topological polar surface area (TPSA) is 71.2 Å². The van der Waals surface area contributed by atoms with Crippen molar-refractivity contribution in [3.63, 3.8) is 0 Å². The Morgan fingerprint density at radius 2 is 1.88 bits per heavy atom. The van der Waals surface area contributed by atoms with E-state index in [9.17, 15) is 9.59 Å². The number of nitrogens with one attached hydrogen (secondary N) is 2. The highest BCUT2D eigenvalue weighted by Crippen LogP contribution is 2.19. The van der Waals surface area contributed by atoms with Gasteiger partial charge in [-0.05, 0) is 48.7 Å². The summed E-state index contributed by atoms with van der Waals surface area (Å²) in [6.07, 6.45) is 1.04. The van der Waals surface area contributed by atoms with E-state index < -0.39 is 0 Å². The quantitative estimate of drug-likeness (QED) is 0.750. The van der Waals surface area contributed by atoms with Crippen LogP contribution in [0.3, 0.4) is 0 Å². The Kier molecular flexibility index (Phi) is 4.84. The van der Waals surface area contributed by atoms with Gasteiger partial charge in [0, 0.05) is 23.6 Å². The van der Waals surface area contributed by atoms with Crippen LogP contribution in [0.25, 0.3) is 10.9 Å². The Morgan fingerprint density at radius 3 is 2.60 bits per heavy atom. The molecule has 3 rings (SSSR count). The maximum absolute atomic E-state index is 12.2. The van der Waals surface area contributed by atoms with Crippen molar-refractivity contribution in [2.24, 2.45) is 0 Å². The predicted octanol–water partition coefficient (Wildman–Crippen LogP) is 3.42. The fraction of sp³-hybridized carbons (Fsp3) is 0.200. The van der Waals surface area contributed by atoms with Gasteiger partial charge in [0.15, 0.2) is 0 Å². The van der Waals surface area contributed by atoms with Crippen LogP contribution in [0.15, 0.2) is 53.3 Å². The van der Waals surface area contributed by atoms with Crippen molar-refractivity contribution in [1.29, 1.82) is 0 Å². The van der Waals surface area contributed by atoms with Crippen LogP contribution in [-0.2, 0) is 11.2 Å². The molecule has 1 heterocycles. The molecule has 0 aliphatic heterocycles. The normalized spacial score (nSPS) is 10.6. The van der Waals surface area contributed by atoms with Crippen LogP contribution in [0, 0.1) is 6.92 Å². The molecule has 0 spiro atoms. The van der Waals surface area contributed by atoms with Crippen LogP contribution in [0.1, 0.15) is 17.5 Å². The number of H-pyrrole nitrogens is 1. The molecule has 0 aliphatic rings. The molecular formula is C20H20N2O3. The van der Waals surface area contributed by atoms with E-state index in [1.54, 1.807) is 19.2 Å². The molecule has 5 nitrogen and oxygen atoms in total. The van der Waals surface area contributed by atoms with Crippen LogP contribution in [0.4, 0.5) is 5.69 Å². The Labute approximate surface area is 145 Å². The van der Waals surface area contributed by atoms with E-state index >= 15 is 0 Å². The lowest BCUT2D eigenvalue weighted by Crippen LogP contribution is -2.12. The molecule has 128 valence electrons. The third-order valence-electron chi connectivity index (χ3n) is 4.13. The fourth-order valence-corrected chi connectivity index (χ4v) is 2.79. The number of aromatic nitrogens is 1. The van der Waals surface area contributed by atoms with Crippen LogP contribution < -0.4 is 15.6 Å². The first-order chi connectivity index (χ1) is 12.0. The Morgan fingerprint density at radius 1 is 1.12 bits per heavy atom. The number of anilines is 1. The van der Waals surface area contributed by atoms with E-state index in [0.29, 0.717) is 18.5 Å². The number of ether oxygens (including phenoxy) is 1. The molecule has 3 aromatic rings. The average molecular weight is 336 g/mol. The molecule has 0 unspecified atom stereocenters. The number of carbonyl (C=O) groups is 1. The number of fused-ring (bicyclic) bond motifs is 1. The highest BCUT2D eigenvalue weighted by molar-refractivity contribution is 5.94. The van der Waals surface area contributed by atoms with Gasteiger partial charge in [0.25, 0.3) is 0 Å². The van der Waals surface area contributed by atoms with Crippen molar-refractivity contribution in [1.82, 2.24) is 4.98 Å². The summed E-state index contributed by atoms with van der Waals surface area (Å²) < 4.78 is 5.12. The van der Waals surface area contributed by atoms with Gasteiger partial charge in [-0.2, -0.15) is 0 Å². The van der Waals surface area contributed by atoms with Crippen LogP contribution >= 0.6 is 0 Å². The number of aromatic amines is 1. The second kappa shape index (κ2) is 7.21. The Bertz CT molecular complexity index is 959. The van der Waals surface area contributed by atoms with Gasteiger partial charge in [-0.3, -0.25) is 9.59 Å². The van der Waals surface area contributed by atoms with Gasteiger partial charge in [-0.1, -0.05) is 18.2 Å². The summed E-state index contributed by atoms with van der Waals surface area (Å²) in [7, 11) is 1.63. The Balaban J connectivity index is 1.66. The second-order valence-electron chi connectivity index (χ2n) is 5.97. The minimum absolute atomic E-state index is 0.0647. The van der Waals surface area contributed by atoms with Gasteiger partial charge in [0.1, 0.15) is 5.75 Å². The largest absolute Gasteiger partial charge is 0.497 e. The van der Waals surface area contributed by atoms with E-state index in [-0.39, 0.29) is 11.5 Å². The summed E-state index contributed by atoms with van der Waals surface area (Å²) in [5.74, 6) is 0.735. The van der Waals surface area contributed by atoms with Crippen molar-refractivity contribution >= 4 is 22.5 Å². The van der Waals surface area contributed by atoms with Gasteiger partial charge in [-0.25, -0.2) is 0 Å². The molecular weight excluding hydrogens is 316 g/mol. The maximum Gasteiger partial charge on any atom is 0.248 e. The number of benzene rings is 2. The molecule has 0 aliphatic carbocycles. The zero-order valence-corrected chi connectivity index (χ0v) is 14.3. The van der Waals surface area contributed by atoms with Crippen LogP contribution in [0.5, 0.6) is 5.75 Å². The van der Waals surface area contributed by atoms with Gasteiger partial charge in [0.05, 0.1) is 12.6 Å². The molecule has 0 fully saturated rings. The van der Waals surface area contributed by atoms with E-state index in [2.05, 4.69) is 10.3 Å². The molecule has 0 saturated carbocycles. The highest BCUT2D eigenvalue weighted by Gasteiger charge is 2.06. The molecule has 1 amide bonds. The fourth-order valence-electron chi connectivity index (χ4n) is 2.79. The second-order valence-corrected chi connectivity index (χ2v) is 5.97. The monoisotopic (exact) mass is 336 g/mol. The first-order valence-electron chi connectivity index (χ1n) is 8.11. The van der Waals surface area contributed by atoms with E-state index in [1.165, 1.54) is 0 Å². The highest BCUT2D eigenvalue weighted by atomic mass is 16.5. The molecule has 2 aromatic carbocycles. The molecule has 0 radical (unpaired) electrons. The third kappa shape index (κ3) is 4.07. The molecule has 0 saturated heterocycles. The number of aryl methyl sites for hydroxylation is 2. The third-order valence-corrected chi connectivity index (χ3v) is 4.13. The van der Waals surface area contributed by atoms with E-state index in [4.69, 9.17) is 4.74 Å². The summed E-state index contributed by atoms with van der Waals surface area (Å²) in [5.41, 5.74) is 3.24. The summed E-state index contributed by atoms with van der Waals surface area (Å²) in [6, 6.07) is 14.8. The predicted molar refractivity (Wildman–Crippen MR) is 99.3 cm³/mol. The number of hydrogen-bond acceptors (Lipinski definition) is 3. The standard InChI is InChI=1S/C20H20N2O3/c1-13-11-20(24)22-18-12-15(6-9-17(13)18)21-19(23)10-5-14-3-7-16(25-2)8-4-14/h3-4,6-9,11-12H,5,10H2,1-2H3,(H,21,23)(H,22,24). The number of carbonyl (C=O) groups excluding carboxylic acids is 1. The number of pyridine rings is 1. The molecule has 0 atom stereocenters. The summed E-state index contributed by atoms with van der Waals surface area (Å²) >= 11 is 0. The first kappa shape index (κ1) is 16.8. The van der Waals surface area contributed by atoms with Crippen LogP contribution in [0.2, 0.25) is 0 Å². The Hall–Kier alpha value is -3.08. The zero-order valence-electron chi connectivity index (χ0n) is 14.3.